The summed E-state index contributed by atoms with van der Waals surface area (Å²) in [5.41, 5.74) is 2.12. The van der Waals surface area contributed by atoms with Gasteiger partial charge in [0, 0.05) is 31.4 Å². The molecule has 20 heavy (non-hydrogen) atoms. The first-order valence-electron chi connectivity index (χ1n) is 7.04. The second kappa shape index (κ2) is 4.19. The third-order valence-electron chi connectivity index (χ3n) is 4.22. The van der Waals surface area contributed by atoms with Crippen molar-refractivity contribution in [3.05, 3.63) is 24.2 Å². The fourth-order valence-electron chi connectivity index (χ4n) is 2.90. The van der Waals surface area contributed by atoms with E-state index >= 15 is 0 Å². The Morgan fingerprint density at radius 3 is 2.90 bits per heavy atom. The van der Waals surface area contributed by atoms with Gasteiger partial charge in [0.05, 0.1) is 11.6 Å². The van der Waals surface area contributed by atoms with E-state index in [2.05, 4.69) is 21.0 Å². The molecule has 4 rings (SSSR count). The van der Waals surface area contributed by atoms with Gasteiger partial charge in [-0.1, -0.05) is 0 Å². The van der Waals surface area contributed by atoms with Gasteiger partial charge in [0.1, 0.15) is 5.52 Å². The maximum atomic E-state index is 11.1. The SMILES string of the molecule is O=C(O)C1CCN(c2nccn3nc(C4CC4)cc23)C1. The number of anilines is 1. The summed E-state index contributed by atoms with van der Waals surface area (Å²) in [6.45, 7) is 1.28. The molecule has 0 amide bonds. The van der Waals surface area contributed by atoms with Gasteiger partial charge in [-0.3, -0.25) is 4.79 Å². The molecule has 1 saturated carbocycles. The Morgan fingerprint density at radius 1 is 1.35 bits per heavy atom. The second-order valence-corrected chi connectivity index (χ2v) is 5.69. The molecule has 0 aromatic carbocycles. The van der Waals surface area contributed by atoms with Crippen molar-refractivity contribution in [2.75, 3.05) is 18.0 Å². The summed E-state index contributed by atoms with van der Waals surface area (Å²) in [6.07, 6.45) is 6.71. The van der Waals surface area contributed by atoms with E-state index < -0.39 is 5.97 Å². The lowest BCUT2D eigenvalue weighted by Crippen LogP contribution is -2.24. The summed E-state index contributed by atoms with van der Waals surface area (Å²) in [4.78, 5) is 17.6. The number of hydrogen-bond donors (Lipinski definition) is 1. The van der Waals surface area contributed by atoms with Crippen LogP contribution in [0, 0.1) is 5.92 Å². The van der Waals surface area contributed by atoms with Crippen LogP contribution in [0.15, 0.2) is 18.5 Å². The van der Waals surface area contributed by atoms with E-state index in [1.807, 2.05) is 10.7 Å². The minimum atomic E-state index is -0.716. The van der Waals surface area contributed by atoms with E-state index in [4.69, 9.17) is 5.11 Å². The van der Waals surface area contributed by atoms with Crippen LogP contribution < -0.4 is 4.90 Å². The van der Waals surface area contributed by atoms with Crippen molar-refractivity contribution in [2.45, 2.75) is 25.2 Å². The van der Waals surface area contributed by atoms with Crippen LogP contribution in [-0.4, -0.2) is 38.8 Å². The van der Waals surface area contributed by atoms with Gasteiger partial charge >= 0.3 is 5.97 Å². The van der Waals surface area contributed by atoms with E-state index in [-0.39, 0.29) is 5.92 Å². The Hall–Kier alpha value is -2.11. The van der Waals surface area contributed by atoms with Gasteiger partial charge in [-0.2, -0.15) is 5.10 Å². The van der Waals surface area contributed by atoms with Gasteiger partial charge in [-0.15, -0.1) is 0 Å². The molecule has 1 atom stereocenters. The number of carbonyl (C=O) groups is 1. The number of aliphatic carboxylic acids is 1. The predicted octanol–water partition coefficient (Wildman–Crippen LogP) is 1.52. The number of nitrogens with zero attached hydrogens (tertiary/aromatic N) is 4. The Labute approximate surface area is 116 Å². The zero-order valence-electron chi connectivity index (χ0n) is 11.1. The third kappa shape index (κ3) is 1.83. The van der Waals surface area contributed by atoms with Crippen LogP contribution in [0.25, 0.3) is 5.52 Å². The van der Waals surface area contributed by atoms with Crippen molar-refractivity contribution in [1.82, 2.24) is 14.6 Å². The summed E-state index contributed by atoms with van der Waals surface area (Å²) < 4.78 is 1.87. The Bertz CT molecular complexity index is 677. The van der Waals surface area contributed by atoms with Crippen molar-refractivity contribution in [3.63, 3.8) is 0 Å². The summed E-state index contributed by atoms with van der Waals surface area (Å²) in [7, 11) is 0. The van der Waals surface area contributed by atoms with Crippen molar-refractivity contribution in [3.8, 4) is 0 Å². The standard InChI is InChI=1S/C14H16N4O2/c19-14(20)10-3-5-17(8-10)13-12-7-11(9-1-2-9)16-18(12)6-4-15-13/h4,6-7,9-10H,1-3,5,8H2,(H,19,20). The van der Waals surface area contributed by atoms with Crippen LogP contribution in [0.1, 0.15) is 30.9 Å². The fourth-order valence-corrected chi connectivity index (χ4v) is 2.90. The van der Waals surface area contributed by atoms with E-state index in [1.54, 1.807) is 6.20 Å². The number of aromatic nitrogens is 3. The summed E-state index contributed by atoms with van der Waals surface area (Å²) in [6, 6.07) is 2.11. The summed E-state index contributed by atoms with van der Waals surface area (Å²) in [5, 5.41) is 13.7. The van der Waals surface area contributed by atoms with Crippen molar-refractivity contribution >= 4 is 17.3 Å². The van der Waals surface area contributed by atoms with Crippen LogP contribution >= 0.6 is 0 Å². The number of carboxylic acids is 1. The monoisotopic (exact) mass is 272 g/mol. The van der Waals surface area contributed by atoms with Gasteiger partial charge in [0.2, 0.25) is 0 Å². The van der Waals surface area contributed by atoms with Gasteiger partial charge in [0.25, 0.3) is 0 Å². The van der Waals surface area contributed by atoms with Crippen LogP contribution in [0.5, 0.6) is 0 Å². The predicted molar refractivity (Wildman–Crippen MR) is 72.9 cm³/mol. The highest BCUT2D eigenvalue weighted by Crippen LogP contribution is 2.40. The molecule has 2 fully saturated rings. The maximum absolute atomic E-state index is 11.1. The molecule has 3 heterocycles. The lowest BCUT2D eigenvalue weighted by Gasteiger charge is -2.17. The van der Waals surface area contributed by atoms with E-state index in [0.717, 1.165) is 23.6 Å². The molecular formula is C14H16N4O2. The molecule has 6 heteroatoms. The fraction of sp³-hybridized carbons (Fsp3) is 0.500. The van der Waals surface area contributed by atoms with Crippen LogP contribution in [-0.2, 0) is 4.79 Å². The van der Waals surface area contributed by atoms with Crippen molar-refractivity contribution in [1.29, 1.82) is 0 Å². The molecule has 2 aliphatic rings. The molecule has 1 N–H and O–H groups in total. The van der Waals surface area contributed by atoms with Crippen LogP contribution in [0.3, 0.4) is 0 Å². The lowest BCUT2D eigenvalue weighted by atomic mass is 10.1. The highest BCUT2D eigenvalue weighted by molar-refractivity contribution is 5.74. The normalized spacial score (nSPS) is 22.6. The molecule has 1 unspecified atom stereocenters. The van der Waals surface area contributed by atoms with Crippen molar-refractivity contribution < 1.29 is 9.90 Å². The average Bonchev–Trinajstić information content (AvgIpc) is 3.02. The van der Waals surface area contributed by atoms with Gasteiger partial charge in [-0.25, -0.2) is 9.50 Å². The molecule has 0 radical (unpaired) electrons. The second-order valence-electron chi connectivity index (χ2n) is 5.69. The zero-order chi connectivity index (χ0) is 13.7. The Balaban J connectivity index is 1.70. The molecule has 104 valence electrons. The number of fused-ring (bicyclic) bond motifs is 1. The largest absolute Gasteiger partial charge is 0.481 e. The third-order valence-corrected chi connectivity index (χ3v) is 4.22. The van der Waals surface area contributed by atoms with Gasteiger partial charge in [0.15, 0.2) is 5.82 Å². The van der Waals surface area contributed by atoms with Crippen LogP contribution in [0.2, 0.25) is 0 Å². The highest BCUT2D eigenvalue weighted by atomic mass is 16.4. The van der Waals surface area contributed by atoms with Crippen LogP contribution in [0.4, 0.5) is 5.82 Å². The molecule has 0 spiro atoms. The summed E-state index contributed by atoms with van der Waals surface area (Å²) in [5.74, 6) is 0.457. The Morgan fingerprint density at radius 2 is 2.20 bits per heavy atom. The smallest absolute Gasteiger partial charge is 0.308 e. The average molecular weight is 272 g/mol. The molecule has 6 nitrogen and oxygen atoms in total. The first-order chi connectivity index (χ1) is 9.72. The maximum Gasteiger partial charge on any atom is 0.308 e. The number of rotatable bonds is 3. The van der Waals surface area contributed by atoms with Crippen molar-refractivity contribution in [2.24, 2.45) is 5.92 Å². The molecule has 2 aromatic heterocycles. The van der Waals surface area contributed by atoms with E-state index in [1.165, 1.54) is 12.8 Å². The first-order valence-corrected chi connectivity index (χ1v) is 7.04. The molecule has 1 saturated heterocycles. The topological polar surface area (TPSA) is 70.7 Å². The minimum absolute atomic E-state index is 0.289. The minimum Gasteiger partial charge on any atom is -0.481 e. The number of hydrogen-bond acceptors (Lipinski definition) is 4. The molecule has 1 aliphatic heterocycles. The van der Waals surface area contributed by atoms with E-state index in [9.17, 15) is 4.79 Å². The number of carboxylic acid groups (broad SMARTS) is 1. The van der Waals surface area contributed by atoms with E-state index in [0.29, 0.717) is 18.9 Å². The quantitative estimate of drug-likeness (QED) is 0.917. The Kier molecular flexibility index (Phi) is 2.45. The van der Waals surface area contributed by atoms with Gasteiger partial charge < -0.3 is 10.0 Å². The molecule has 2 aromatic rings. The molecular weight excluding hydrogens is 256 g/mol. The highest BCUT2D eigenvalue weighted by Gasteiger charge is 2.31. The van der Waals surface area contributed by atoms with Gasteiger partial charge in [-0.05, 0) is 25.3 Å². The zero-order valence-corrected chi connectivity index (χ0v) is 11.1. The lowest BCUT2D eigenvalue weighted by molar-refractivity contribution is -0.140. The molecule has 1 aliphatic carbocycles. The molecule has 0 bridgehead atoms. The first kappa shape index (κ1) is 11.7. The summed E-state index contributed by atoms with van der Waals surface area (Å²) >= 11 is 0.